The zero-order valence-electron chi connectivity index (χ0n) is 33.6. The number of nitrogens with one attached hydrogen (secondary N) is 1. The monoisotopic (exact) mass is 823 g/mol. The van der Waals surface area contributed by atoms with Gasteiger partial charge in [0, 0.05) is 59.4 Å². The number of benzene rings is 8. The SMILES string of the molecule is c1ccc(-c2ccc3c(c2)c2ccccc2n3-c2nc(-c3ccccc3)nc(-c3ccc4c(c3)[nH]c3c(-c5nc(-c6ccccc6)c6sc7ccccc7c6n5)cccc34)n2)cc1. The fourth-order valence-electron chi connectivity index (χ4n) is 9.07. The highest BCUT2D eigenvalue weighted by Crippen LogP contribution is 2.41. The average molecular weight is 824 g/mol. The molecule has 0 aliphatic rings. The van der Waals surface area contributed by atoms with Crippen LogP contribution in [0.5, 0.6) is 0 Å². The van der Waals surface area contributed by atoms with Crippen LogP contribution in [-0.4, -0.2) is 34.5 Å². The van der Waals surface area contributed by atoms with E-state index in [1.165, 1.54) is 10.3 Å². The van der Waals surface area contributed by atoms with Crippen LogP contribution in [0.1, 0.15) is 0 Å². The Hall–Kier alpha value is -8.33. The fraction of sp³-hybridized carbons (Fsp3) is 0. The third-order valence-corrected chi connectivity index (χ3v) is 13.2. The van der Waals surface area contributed by atoms with E-state index in [4.69, 9.17) is 24.9 Å². The molecule has 0 saturated heterocycles. The van der Waals surface area contributed by atoms with E-state index in [1.807, 2.05) is 42.5 Å². The molecule has 8 heteroatoms. The van der Waals surface area contributed by atoms with E-state index in [-0.39, 0.29) is 0 Å². The Labute approximate surface area is 364 Å². The predicted molar refractivity (Wildman–Crippen MR) is 259 cm³/mol. The standard InChI is InChI=1S/C55H33N7S/c1-4-15-33(16-5-1)36-28-30-46-43(31-36)39-21-10-12-25-45(39)62(46)55-60-52(35-19-8-3-9-20-35)59-53(61-55)37-27-29-38-40-23-14-24-42(49(40)56-44(38)32-37)54-57-48(34-17-6-2-7-18-34)51-50(58-54)41-22-11-13-26-47(41)63-51/h1-32,56H. The summed E-state index contributed by atoms with van der Waals surface area (Å²) in [5.74, 6) is 2.42. The van der Waals surface area contributed by atoms with Crippen molar-refractivity contribution in [1.82, 2.24) is 34.5 Å². The Bertz CT molecular complexity index is 3910. The molecule has 0 bridgehead atoms. The summed E-state index contributed by atoms with van der Waals surface area (Å²) in [6, 6.07) is 67.5. The number of nitrogens with zero attached hydrogens (tertiary/aromatic N) is 6. The molecular formula is C55H33N7S. The van der Waals surface area contributed by atoms with Crippen molar-refractivity contribution in [3.63, 3.8) is 0 Å². The van der Waals surface area contributed by atoms with Crippen molar-refractivity contribution >= 4 is 75.3 Å². The van der Waals surface area contributed by atoms with Crippen molar-refractivity contribution in [3.05, 3.63) is 194 Å². The summed E-state index contributed by atoms with van der Waals surface area (Å²) in [5.41, 5.74) is 12.0. The zero-order valence-corrected chi connectivity index (χ0v) is 34.4. The minimum absolute atomic E-state index is 0.555. The second-order valence-electron chi connectivity index (χ2n) is 15.8. The number of para-hydroxylation sites is 2. The van der Waals surface area contributed by atoms with E-state index >= 15 is 0 Å². The lowest BCUT2D eigenvalue weighted by atomic mass is 10.0. The molecule has 0 amide bonds. The summed E-state index contributed by atoms with van der Waals surface area (Å²) < 4.78 is 4.45. The van der Waals surface area contributed by atoms with Gasteiger partial charge in [0.25, 0.3) is 0 Å². The smallest absolute Gasteiger partial charge is 0.238 e. The van der Waals surface area contributed by atoms with Crippen LogP contribution in [0.3, 0.4) is 0 Å². The van der Waals surface area contributed by atoms with E-state index in [1.54, 1.807) is 11.3 Å². The number of aromatic amines is 1. The molecule has 294 valence electrons. The first-order chi connectivity index (χ1) is 31.2. The van der Waals surface area contributed by atoms with Crippen LogP contribution in [0.15, 0.2) is 194 Å². The molecule has 0 saturated carbocycles. The molecule has 0 radical (unpaired) electrons. The number of hydrogen-bond acceptors (Lipinski definition) is 6. The van der Waals surface area contributed by atoms with E-state index < -0.39 is 0 Å². The van der Waals surface area contributed by atoms with E-state index in [9.17, 15) is 0 Å². The summed E-state index contributed by atoms with van der Waals surface area (Å²) in [6.07, 6.45) is 0. The lowest BCUT2D eigenvalue weighted by Crippen LogP contribution is -2.06. The van der Waals surface area contributed by atoms with Crippen LogP contribution in [0.2, 0.25) is 0 Å². The molecular weight excluding hydrogens is 791 g/mol. The molecule has 5 heterocycles. The van der Waals surface area contributed by atoms with Gasteiger partial charge in [-0.05, 0) is 47.5 Å². The van der Waals surface area contributed by atoms with E-state index in [2.05, 4.69) is 161 Å². The van der Waals surface area contributed by atoms with Crippen molar-refractivity contribution in [2.75, 3.05) is 0 Å². The number of fused-ring (bicyclic) bond motifs is 9. The second kappa shape index (κ2) is 14.1. The Morgan fingerprint density at radius 1 is 0.397 bits per heavy atom. The van der Waals surface area contributed by atoms with Gasteiger partial charge in [0.05, 0.1) is 32.5 Å². The minimum atomic E-state index is 0.555. The Balaban J connectivity index is 0.989. The maximum absolute atomic E-state index is 5.31. The largest absolute Gasteiger partial charge is 0.354 e. The molecule has 13 rings (SSSR count). The summed E-state index contributed by atoms with van der Waals surface area (Å²) in [6.45, 7) is 0. The molecule has 0 unspecified atom stereocenters. The third kappa shape index (κ3) is 5.76. The molecule has 0 spiro atoms. The topological polar surface area (TPSA) is 85.2 Å². The highest BCUT2D eigenvalue weighted by Gasteiger charge is 2.21. The number of thiophene rings is 1. The van der Waals surface area contributed by atoms with Crippen molar-refractivity contribution in [2.24, 2.45) is 0 Å². The lowest BCUT2D eigenvalue weighted by molar-refractivity contribution is 0.953. The molecule has 7 nitrogen and oxygen atoms in total. The van der Waals surface area contributed by atoms with Crippen LogP contribution < -0.4 is 0 Å². The van der Waals surface area contributed by atoms with Gasteiger partial charge in [-0.25, -0.2) is 15.0 Å². The fourth-order valence-corrected chi connectivity index (χ4v) is 10.2. The summed E-state index contributed by atoms with van der Waals surface area (Å²) >= 11 is 1.74. The van der Waals surface area contributed by atoms with Crippen molar-refractivity contribution in [3.8, 4) is 62.5 Å². The van der Waals surface area contributed by atoms with Crippen LogP contribution >= 0.6 is 11.3 Å². The summed E-state index contributed by atoms with van der Waals surface area (Å²) in [7, 11) is 0. The van der Waals surface area contributed by atoms with Gasteiger partial charge in [0.15, 0.2) is 17.5 Å². The quantitative estimate of drug-likeness (QED) is 0.180. The first-order valence-corrected chi connectivity index (χ1v) is 21.7. The summed E-state index contributed by atoms with van der Waals surface area (Å²) in [5, 5.41) is 5.59. The molecule has 1 N–H and O–H groups in total. The Kier molecular flexibility index (Phi) is 7.94. The van der Waals surface area contributed by atoms with Gasteiger partial charge in [-0.15, -0.1) is 11.3 Å². The zero-order chi connectivity index (χ0) is 41.4. The minimum Gasteiger partial charge on any atom is -0.354 e. The van der Waals surface area contributed by atoms with Gasteiger partial charge in [0.1, 0.15) is 0 Å². The van der Waals surface area contributed by atoms with Crippen molar-refractivity contribution < 1.29 is 0 Å². The molecule has 13 aromatic rings. The van der Waals surface area contributed by atoms with Gasteiger partial charge >= 0.3 is 0 Å². The Morgan fingerprint density at radius 3 is 1.86 bits per heavy atom. The predicted octanol–water partition coefficient (Wildman–Crippen LogP) is 14.1. The highest BCUT2D eigenvalue weighted by atomic mass is 32.1. The van der Waals surface area contributed by atoms with Crippen molar-refractivity contribution in [2.45, 2.75) is 0 Å². The van der Waals surface area contributed by atoms with Crippen LogP contribution in [-0.2, 0) is 0 Å². The number of aromatic nitrogens is 7. The molecule has 0 aliphatic carbocycles. The maximum atomic E-state index is 5.31. The van der Waals surface area contributed by atoms with Gasteiger partial charge < -0.3 is 4.98 Å². The molecule has 8 aromatic carbocycles. The Morgan fingerprint density at radius 2 is 1.05 bits per heavy atom. The number of rotatable bonds is 6. The first-order valence-electron chi connectivity index (χ1n) is 20.9. The van der Waals surface area contributed by atoms with Crippen LogP contribution in [0.4, 0.5) is 0 Å². The van der Waals surface area contributed by atoms with E-state index in [0.717, 1.165) is 92.7 Å². The van der Waals surface area contributed by atoms with Crippen molar-refractivity contribution in [1.29, 1.82) is 0 Å². The molecule has 0 fully saturated rings. The number of H-pyrrole nitrogens is 1. The van der Waals surface area contributed by atoms with E-state index in [0.29, 0.717) is 23.4 Å². The van der Waals surface area contributed by atoms with Gasteiger partial charge in [-0.1, -0.05) is 158 Å². The maximum Gasteiger partial charge on any atom is 0.238 e. The van der Waals surface area contributed by atoms with Crippen LogP contribution in [0.25, 0.3) is 126 Å². The second-order valence-corrected chi connectivity index (χ2v) is 16.8. The number of hydrogen-bond donors (Lipinski definition) is 1. The van der Waals surface area contributed by atoms with Gasteiger partial charge in [0.2, 0.25) is 5.95 Å². The first kappa shape index (κ1) is 35.4. The molecule has 5 aromatic heterocycles. The molecule has 63 heavy (non-hydrogen) atoms. The molecule has 0 atom stereocenters. The third-order valence-electron chi connectivity index (χ3n) is 12.0. The normalized spacial score (nSPS) is 11.8. The highest BCUT2D eigenvalue weighted by molar-refractivity contribution is 7.26. The van der Waals surface area contributed by atoms with Gasteiger partial charge in [-0.2, -0.15) is 9.97 Å². The average Bonchev–Trinajstić information content (AvgIpc) is 4.03. The summed E-state index contributed by atoms with van der Waals surface area (Å²) in [4.78, 5) is 30.0. The van der Waals surface area contributed by atoms with Crippen LogP contribution in [0, 0.1) is 0 Å². The van der Waals surface area contributed by atoms with Gasteiger partial charge in [-0.3, -0.25) is 4.57 Å². The molecule has 0 aliphatic heterocycles. The lowest BCUT2D eigenvalue weighted by Gasteiger charge is -2.11.